The summed E-state index contributed by atoms with van der Waals surface area (Å²) < 4.78 is 1.18. The van der Waals surface area contributed by atoms with Crippen molar-refractivity contribution in [1.82, 2.24) is 14.8 Å². The Morgan fingerprint density at radius 1 is 1.11 bits per heavy atom. The number of nitrogen functional groups attached to an aromatic ring is 1. The molecule has 140 valence electrons. The number of anilines is 1. The van der Waals surface area contributed by atoms with E-state index in [1.807, 2.05) is 13.8 Å². The number of pyridine rings is 1. The quantitative estimate of drug-likeness (QED) is 0.784. The molecule has 0 saturated heterocycles. The van der Waals surface area contributed by atoms with Crippen LogP contribution in [0.15, 0.2) is 29.1 Å². The van der Waals surface area contributed by atoms with E-state index in [9.17, 15) is 19.2 Å². The van der Waals surface area contributed by atoms with Crippen LogP contribution in [0.5, 0.6) is 0 Å². The molecule has 8 heteroatoms. The van der Waals surface area contributed by atoms with E-state index in [1.54, 1.807) is 30.0 Å². The molecule has 3 rings (SSSR count). The third-order valence-electron chi connectivity index (χ3n) is 4.69. The number of benzene rings is 1. The molecule has 3 N–H and O–H groups in total. The van der Waals surface area contributed by atoms with Gasteiger partial charge in [0.05, 0.1) is 16.8 Å². The Hall–Kier alpha value is -3.42. The van der Waals surface area contributed by atoms with Gasteiger partial charge in [-0.2, -0.15) is 0 Å². The van der Waals surface area contributed by atoms with E-state index in [0.717, 1.165) is 6.07 Å². The van der Waals surface area contributed by atoms with Gasteiger partial charge in [0.25, 0.3) is 23.3 Å². The molecule has 0 atom stereocenters. The predicted octanol–water partition coefficient (Wildman–Crippen LogP) is 1.09. The van der Waals surface area contributed by atoms with Crippen molar-refractivity contribution in [3.63, 3.8) is 0 Å². The van der Waals surface area contributed by atoms with Crippen molar-refractivity contribution in [3.05, 3.63) is 56.9 Å². The lowest BCUT2D eigenvalue weighted by Crippen LogP contribution is -2.30. The Bertz CT molecular complexity index is 1030. The van der Waals surface area contributed by atoms with Gasteiger partial charge in [0, 0.05) is 24.7 Å². The highest BCUT2D eigenvalue weighted by atomic mass is 16.2. The number of imide groups is 1. The average molecular weight is 368 g/mol. The summed E-state index contributed by atoms with van der Waals surface area (Å²) in [5, 5.41) is 2.13. The summed E-state index contributed by atoms with van der Waals surface area (Å²) in [6.45, 7) is 6.74. The highest BCUT2D eigenvalue weighted by Crippen LogP contribution is 2.25. The topological polar surface area (TPSA) is 114 Å². The summed E-state index contributed by atoms with van der Waals surface area (Å²) in [5.74, 6) is -1.48. The van der Waals surface area contributed by atoms with Gasteiger partial charge in [0.1, 0.15) is 5.82 Å². The molecule has 2 aromatic rings. The van der Waals surface area contributed by atoms with Gasteiger partial charge in [-0.3, -0.25) is 29.1 Å². The molecule has 0 fully saturated rings. The Morgan fingerprint density at radius 2 is 1.78 bits per heavy atom. The number of nitrogens with two attached hydrogens (primary N) is 1. The normalized spacial score (nSPS) is 12.7. The summed E-state index contributed by atoms with van der Waals surface area (Å²) >= 11 is 0. The Morgan fingerprint density at radius 3 is 2.37 bits per heavy atom. The zero-order valence-corrected chi connectivity index (χ0v) is 15.3. The first-order valence-corrected chi connectivity index (χ1v) is 8.61. The molecular formula is C19H20N4O4. The molecule has 0 spiro atoms. The van der Waals surface area contributed by atoms with Crippen LogP contribution in [0.2, 0.25) is 0 Å². The number of hydrogen-bond donors (Lipinski definition) is 2. The first kappa shape index (κ1) is 18.4. The predicted molar refractivity (Wildman–Crippen MR) is 100 cm³/mol. The van der Waals surface area contributed by atoms with E-state index >= 15 is 0 Å². The first-order valence-electron chi connectivity index (χ1n) is 8.61. The fraction of sp³-hybridized carbons (Fsp3) is 0.263. The van der Waals surface area contributed by atoms with Gasteiger partial charge in [-0.25, -0.2) is 0 Å². The molecule has 1 aromatic carbocycles. The van der Waals surface area contributed by atoms with Crippen LogP contribution >= 0.6 is 0 Å². The molecule has 0 unspecified atom stereocenters. The second kappa shape index (κ2) is 6.71. The van der Waals surface area contributed by atoms with E-state index in [0.29, 0.717) is 29.9 Å². The smallest absolute Gasteiger partial charge is 0.262 e. The number of nitrogens with one attached hydrogen (secondary N) is 1. The lowest BCUT2D eigenvalue weighted by atomic mass is 10.1. The standard InChI is InChI=1S/C19H20N4O4/c1-4-22(5-2)19(27)11-6-7-13(10(3)8-11)23-14(24)9-12-15(16(23)20)18(26)21-17(12)25/h6-9H,4-5,20H2,1-3H3,(H,21,25,26). The number of nitrogens with zero attached hydrogens (tertiary/aromatic N) is 2. The van der Waals surface area contributed by atoms with E-state index in [-0.39, 0.29) is 22.9 Å². The molecule has 1 aromatic heterocycles. The third kappa shape index (κ3) is 2.88. The van der Waals surface area contributed by atoms with Gasteiger partial charge in [-0.15, -0.1) is 0 Å². The Balaban J connectivity index is 2.13. The SMILES string of the molecule is CCN(CC)C(=O)c1ccc(-n2c(N)c3c(cc2=O)C(=O)NC3=O)c(C)c1. The molecule has 0 saturated carbocycles. The molecule has 27 heavy (non-hydrogen) atoms. The van der Waals surface area contributed by atoms with E-state index in [4.69, 9.17) is 5.73 Å². The summed E-state index contributed by atoms with van der Waals surface area (Å²) in [6, 6.07) is 6.01. The number of rotatable bonds is 4. The zero-order valence-electron chi connectivity index (χ0n) is 15.3. The highest BCUT2D eigenvalue weighted by molar-refractivity contribution is 6.23. The van der Waals surface area contributed by atoms with Crippen LogP contribution in [0.3, 0.4) is 0 Å². The van der Waals surface area contributed by atoms with Crippen LogP contribution in [-0.2, 0) is 0 Å². The molecular weight excluding hydrogens is 348 g/mol. The minimum absolute atomic E-state index is 0.0118. The van der Waals surface area contributed by atoms with Gasteiger partial charge in [0.2, 0.25) is 0 Å². The van der Waals surface area contributed by atoms with E-state index < -0.39 is 17.4 Å². The molecule has 0 bridgehead atoms. The lowest BCUT2D eigenvalue weighted by Gasteiger charge is -2.20. The molecule has 1 aliphatic rings. The van der Waals surface area contributed by atoms with Crippen molar-refractivity contribution >= 4 is 23.5 Å². The van der Waals surface area contributed by atoms with Crippen LogP contribution in [0, 0.1) is 6.92 Å². The van der Waals surface area contributed by atoms with Crippen LogP contribution in [-0.4, -0.2) is 40.3 Å². The molecule has 8 nitrogen and oxygen atoms in total. The van der Waals surface area contributed by atoms with Gasteiger partial charge in [-0.05, 0) is 44.5 Å². The number of amides is 3. The fourth-order valence-corrected chi connectivity index (χ4v) is 3.26. The minimum atomic E-state index is -0.636. The maximum absolute atomic E-state index is 12.5. The van der Waals surface area contributed by atoms with Gasteiger partial charge >= 0.3 is 0 Å². The number of fused-ring (bicyclic) bond motifs is 1. The number of aromatic nitrogens is 1. The van der Waals surface area contributed by atoms with Crippen molar-refractivity contribution in [2.45, 2.75) is 20.8 Å². The monoisotopic (exact) mass is 368 g/mol. The van der Waals surface area contributed by atoms with Gasteiger partial charge in [-0.1, -0.05) is 0 Å². The van der Waals surface area contributed by atoms with Gasteiger partial charge < -0.3 is 10.6 Å². The number of carbonyl (C=O) groups excluding carboxylic acids is 3. The van der Waals surface area contributed by atoms with Crippen molar-refractivity contribution in [3.8, 4) is 5.69 Å². The second-order valence-corrected chi connectivity index (χ2v) is 6.25. The summed E-state index contributed by atoms with van der Waals surface area (Å²) in [7, 11) is 0. The maximum atomic E-state index is 12.5. The van der Waals surface area contributed by atoms with Crippen molar-refractivity contribution in [1.29, 1.82) is 0 Å². The third-order valence-corrected chi connectivity index (χ3v) is 4.69. The second-order valence-electron chi connectivity index (χ2n) is 6.25. The van der Waals surface area contributed by atoms with Crippen LogP contribution in [0.1, 0.15) is 50.5 Å². The van der Waals surface area contributed by atoms with Crippen LogP contribution in [0.4, 0.5) is 5.82 Å². The number of hydrogen-bond acceptors (Lipinski definition) is 5. The zero-order chi connectivity index (χ0) is 19.9. The van der Waals surface area contributed by atoms with Gasteiger partial charge in [0.15, 0.2) is 0 Å². The maximum Gasteiger partial charge on any atom is 0.262 e. The molecule has 2 heterocycles. The van der Waals surface area contributed by atoms with Crippen molar-refractivity contribution in [2.24, 2.45) is 0 Å². The average Bonchev–Trinajstić information content (AvgIpc) is 2.91. The largest absolute Gasteiger partial charge is 0.384 e. The Labute approximate surface area is 155 Å². The lowest BCUT2D eigenvalue weighted by molar-refractivity contribution is 0.0771. The number of aryl methyl sites for hydroxylation is 1. The van der Waals surface area contributed by atoms with Crippen LogP contribution in [0.25, 0.3) is 5.69 Å². The summed E-state index contributed by atoms with van der Waals surface area (Å²) in [4.78, 5) is 50.5. The molecule has 3 amide bonds. The molecule has 1 aliphatic heterocycles. The minimum Gasteiger partial charge on any atom is -0.384 e. The molecule has 0 aliphatic carbocycles. The van der Waals surface area contributed by atoms with Crippen molar-refractivity contribution < 1.29 is 14.4 Å². The number of carbonyl (C=O) groups is 3. The summed E-state index contributed by atoms with van der Waals surface area (Å²) in [5.41, 5.74) is 7.09. The summed E-state index contributed by atoms with van der Waals surface area (Å²) in [6.07, 6.45) is 0. The fourth-order valence-electron chi connectivity index (χ4n) is 3.26. The first-order chi connectivity index (χ1) is 12.8. The molecule has 0 radical (unpaired) electrons. The van der Waals surface area contributed by atoms with Crippen molar-refractivity contribution in [2.75, 3.05) is 18.8 Å². The van der Waals surface area contributed by atoms with E-state index in [2.05, 4.69) is 5.32 Å². The highest BCUT2D eigenvalue weighted by Gasteiger charge is 2.32. The van der Waals surface area contributed by atoms with E-state index in [1.165, 1.54) is 4.57 Å². The van der Waals surface area contributed by atoms with Crippen LogP contribution < -0.4 is 16.6 Å². The Kier molecular flexibility index (Phi) is 4.57.